The lowest BCUT2D eigenvalue weighted by atomic mass is 9.78. The van der Waals surface area contributed by atoms with Gasteiger partial charge in [0, 0.05) is 41.6 Å². The predicted octanol–water partition coefficient (Wildman–Crippen LogP) is 2.27. The number of carbonyl (C=O) groups is 1. The van der Waals surface area contributed by atoms with E-state index in [0.717, 1.165) is 36.7 Å². The Morgan fingerprint density at radius 3 is 3.12 bits per heavy atom. The van der Waals surface area contributed by atoms with Gasteiger partial charge in [-0.3, -0.25) is 4.79 Å². The summed E-state index contributed by atoms with van der Waals surface area (Å²) in [5.74, 6) is 2.52. The lowest BCUT2D eigenvalue weighted by Crippen LogP contribution is -2.36. The van der Waals surface area contributed by atoms with Gasteiger partial charge in [-0.1, -0.05) is 6.07 Å². The summed E-state index contributed by atoms with van der Waals surface area (Å²) in [6.07, 6.45) is 3.51. The molecule has 0 aromatic carbocycles. The van der Waals surface area contributed by atoms with Gasteiger partial charge in [0.15, 0.2) is 0 Å². The summed E-state index contributed by atoms with van der Waals surface area (Å²) in [6.45, 7) is 2.88. The number of amides is 1. The first-order valence-electron chi connectivity index (χ1n) is 8.92. The maximum atomic E-state index is 12.7. The second-order valence-electron chi connectivity index (χ2n) is 7.59. The maximum Gasteiger partial charge on any atom is 0.227 e. The molecule has 6 nitrogen and oxygen atoms in total. The van der Waals surface area contributed by atoms with Crippen molar-refractivity contribution < 1.29 is 13.9 Å². The van der Waals surface area contributed by atoms with Crippen molar-refractivity contribution in [2.24, 2.45) is 11.3 Å². The molecule has 25 heavy (non-hydrogen) atoms. The highest BCUT2D eigenvalue weighted by atomic mass is 32.1. The fourth-order valence-electron chi connectivity index (χ4n) is 4.08. The van der Waals surface area contributed by atoms with Gasteiger partial charge < -0.3 is 14.1 Å². The third-order valence-electron chi connectivity index (χ3n) is 5.69. The number of hydrogen-bond acceptors (Lipinski definition) is 6. The molecule has 2 aliphatic heterocycles. The molecule has 0 unspecified atom stereocenters. The van der Waals surface area contributed by atoms with Gasteiger partial charge in [0.05, 0.1) is 19.6 Å². The van der Waals surface area contributed by atoms with Gasteiger partial charge in [-0.25, -0.2) is 0 Å². The van der Waals surface area contributed by atoms with Gasteiger partial charge in [-0.15, -0.1) is 21.5 Å². The zero-order chi connectivity index (χ0) is 16.9. The number of carbonyl (C=O) groups excluding carboxylic acids is 1. The summed E-state index contributed by atoms with van der Waals surface area (Å²) >= 11 is 1.64. The van der Waals surface area contributed by atoms with Crippen molar-refractivity contribution in [3.63, 3.8) is 0 Å². The fourth-order valence-corrected chi connectivity index (χ4v) is 4.78. The van der Waals surface area contributed by atoms with E-state index < -0.39 is 0 Å². The summed E-state index contributed by atoms with van der Waals surface area (Å²) in [5, 5.41) is 10.5. The normalized spacial score (nSPS) is 28.5. The molecule has 2 aromatic heterocycles. The van der Waals surface area contributed by atoms with Crippen molar-refractivity contribution in [2.75, 3.05) is 26.3 Å². The van der Waals surface area contributed by atoms with Crippen molar-refractivity contribution in [2.45, 2.75) is 31.6 Å². The van der Waals surface area contributed by atoms with Crippen LogP contribution in [0, 0.1) is 11.3 Å². The topological polar surface area (TPSA) is 68.5 Å². The second-order valence-corrected chi connectivity index (χ2v) is 8.62. The van der Waals surface area contributed by atoms with Gasteiger partial charge in [0.25, 0.3) is 0 Å². The highest BCUT2D eigenvalue weighted by molar-refractivity contribution is 7.10. The number of hydrogen-bond donors (Lipinski definition) is 0. The molecular formula is C18H21N3O3S. The monoisotopic (exact) mass is 359 g/mol. The van der Waals surface area contributed by atoms with E-state index >= 15 is 0 Å². The zero-order valence-electron chi connectivity index (χ0n) is 14.0. The van der Waals surface area contributed by atoms with E-state index in [1.165, 1.54) is 0 Å². The average molecular weight is 359 g/mol. The quantitative estimate of drug-likeness (QED) is 0.819. The van der Waals surface area contributed by atoms with Crippen LogP contribution >= 0.6 is 11.3 Å². The molecule has 3 aliphatic rings. The van der Waals surface area contributed by atoms with E-state index in [9.17, 15) is 4.79 Å². The molecule has 2 aromatic rings. The molecule has 3 fully saturated rings. The molecule has 0 bridgehead atoms. The van der Waals surface area contributed by atoms with Crippen molar-refractivity contribution in [3.8, 4) is 0 Å². The minimum atomic E-state index is -0.0710. The predicted molar refractivity (Wildman–Crippen MR) is 91.3 cm³/mol. The molecule has 4 heterocycles. The average Bonchev–Trinajstić information content (AvgIpc) is 2.98. The van der Waals surface area contributed by atoms with Gasteiger partial charge in [0.1, 0.15) is 0 Å². The van der Waals surface area contributed by atoms with Crippen LogP contribution in [0.15, 0.2) is 21.9 Å². The Morgan fingerprint density at radius 2 is 2.32 bits per heavy atom. The molecule has 132 valence electrons. The van der Waals surface area contributed by atoms with E-state index in [1.54, 1.807) is 11.3 Å². The zero-order valence-corrected chi connectivity index (χ0v) is 14.8. The lowest BCUT2D eigenvalue weighted by molar-refractivity contribution is -0.130. The van der Waals surface area contributed by atoms with Crippen LogP contribution in [-0.4, -0.2) is 47.3 Å². The molecule has 1 amide bonds. The first-order valence-corrected chi connectivity index (χ1v) is 9.80. The number of ether oxygens (including phenoxy) is 1. The molecule has 1 aliphatic carbocycles. The van der Waals surface area contributed by atoms with E-state index in [2.05, 4.69) is 10.2 Å². The smallest absolute Gasteiger partial charge is 0.227 e. The Hall–Kier alpha value is -1.73. The summed E-state index contributed by atoms with van der Waals surface area (Å²) < 4.78 is 11.6. The van der Waals surface area contributed by atoms with Crippen molar-refractivity contribution >= 4 is 17.2 Å². The molecular weight excluding hydrogens is 338 g/mol. The molecule has 0 spiro atoms. The van der Waals surface area contributed by atoms with Crippen molar-refractivity contribution in [1.82, 2.24) is 15.1 Å². The Morgan fingerprint density at radius 1 is 1.40 bits per heavy atom. The van der Waals surface area contributed by atoms with E-state index in [1.807, 2.05) is 22.4 Å². The van der Waals surface area contributed by atoms with E-state index in [-0.39, 0.29) is 11.3 Å². The molecule has 2 atom stereocenters. The molecule has 7 heteroatoms. The third kappa shape index (κ3) is 2.89. The first kappa shape index (κ1) is 15.5. The van der Waals surface area contributed by atoms with Gasteiger partial charge in [-0.05, 0) is 24.3 Å². The van der Waals surface area contributed by atoms with Gasteiger partial charge in [-0.2, -0.15) is 0 Å². The van der Waals surface area contributed by atoms with Crippen LogP contribution in [0.1, 0.15) is 35.4 Å². The SMILES string of the molecule is O=C(Cc1cccs1)N1C[C@H]2COC[C@@]2(Cc2nnc(C3CC3)o2)C1. The van der Waals surface area contributed by atoms with Gasteiger partial charge >= 0.3 is 0 Å². The van der Waals surface area contributed by atoms with Crippen LogP contribution in [-0.2, 0) is 22.4 Å². The summed E-state index contributed by atoms with van der Waals surface area (Å²) in [6, 6.07) is 4.02. The van der Waals surface area contributed by atoms with E-state index in [4.69, 9.17) is 9.15 Å². The first-order chi connectivity index (χ1) is 12.2. The maximum absolute atomic E-state index is 12.7. The largest absolute Gasteiger partial charge is 0.425 e. The number of rotatable bonds is 5. The Bertz CT molecular complexity index is 770. The van der Waals surface area contributed by atoms with E-state index in [0.29, 0.717) is 43.8 Å². The molecule has 1 saturated carbocycles. The highest BCUT2D eigenvalue weighted by Gasteiger charge is 2.52. The Labute approximate surface area is 150 Å². The van der Waals surface area contributed by atoms with Crippen LogP contribution in [0.2, 0.25) is 0 Å². The fraction of sp³-hybridized carbons (Fsp3) is 0.611. The molecule has 2 saturated heterocycles. The lowest BCUT2D eigenvalue weighted by Gasteiger charge is -2.25. The highest BCUT2D eigenvalue weighted by Crippen LogP contribution is 2.45. The second kappa shape index (κ2) is 5.92. The Balaban J connectivity index is 1.30. The molecule has 0 N–H and O–H groups in total. The summed E-state index contributed by atoms with van der Waals surface area (Å²) in [4.78, 5) is 15.8. The van der Waals surface area contributed by atoms with Crippen LogP contribution in [0.5, 0.6) is 0 Å². The van der Waals surface area contributed by atoms with Crippen LogP contribution < -0.4 is 0 Å². The number of likely N-dealkylation sites (tertiary alicyclic amines) is 1. The molecule has 5 rings (SSSR count). The minimum absolute atomic E-state index is 0.0710. The van der Waals surface area contributed by atoms with Crippen LogP contribution in [0.3, 0.4) is 0 Å². The van der Waals surface area contributed by atoms with Crippen molar-refractivity contribution in [3.05, 3.63) is 34.2 Å². The minimum Gasteiger partial charge on any atom is -0.425 e. The summed E-state index contributed by atoms with van der Waals surface area (Å²) in [7, 11) is 0. The van der Waals surface area contributed by atoms with Crippen molar-refractivity contribution in [1.29, 1.82) is 0 Å². The number of fused-ring (bicyclic) bond motifs is 1. The standard InChI is InChI=1S/C18H21N3O3S/c22-16(6-14-2-1-5-25-14)21-8-13-9-23-11-18(13,10-21)7-15-19-20-17(24-15)12-3-4-12/h1-2,5,12-13H,3-4,6-11H2/t13-,18+/m0/s1. The van der Waals surface area contributed by atoms with Crippen LogP contribution in [0.25, 0.3) is 0 Å². The third-order valence-corrected chi connectivity index (χ3v) is 6.57. The Kier molecular flexibility index (Phi) is 3.67. The molecule has 0 radical (unpaired) electrons. The van der Waals surface area contributed by atoms with Gasteiger partial charge in [0.2, 0.25) is 17.7 Å². The van der Waals surface area contributed by atoms with Crippen LogP contribution in [0.4, 0.5) is 0 Å². The summed E-state index contributed by atoms with van der Waals surface area (Å²) in [5.41, 5.74) is -0.0710. The number of thiophene rings is 1. The number of aromatic nitrogens is 2. The number of nitrogens with zero attached hydrogens (tertiary/aromatic N) is 3.